The van der Waals surface area contributed by atoms with Crippen LogP contribution in [0.5, 0.6) is 0 Å². The van der Waals surface area contributed by atoms with Crippen molar-refractivity contribution in [1.82, 2.24) is 4.98 Å². The molecule has 0 radical (unpaired) electrons. The molecule has 2 aromatic rings. The third kappa shape index (κ3) is 2.77. The SMILES string of the molecule is NC1CCCC(O)(Cc2ccc3ccccc3n2)C1. The van der Waals surface area contributed by atoms with Gasteiger partial charge < -0.3 is 10.8 Å². The van der Waals surface area contributed by atoms with E-state index in [1.807, 2.05) is 24.3 Å². The highest BCUT2D eigenvalue weighted by atomic mass is 16.3. The van der Waals surface area contributed by atoms with Crippen LogP contribution in [0.1, 0.15) is 31.4 Å². The lowest BCUT2D eigenvalue weighted by Crippen LogP contribution is -2.42. The molecule has 3 heteroatoms. The number of benzene rings is 1. The van der Waals surface area contributed by atoms with Gasteiger partial charge in [-0.15, -0.1) is 0 Å². The average molecular weight is 256 g/mol. The van der Waals surface area contributed by atoms with Crippen molar-refractivity contribution in [2.24, 2.45) is 5.73 Å². The first kappa shape index (κ1) is 12.6. The molecule has 3 rings (SSSR count). The van der Waals surface area contributed by atoms with Crippen molar-refractivity contribution in [2.75, 3.05) is 0 Å². The standard InChI is InChI=1S/C16H20N2O/c17-13-5-3-9-16(19,10-13)11-14-8-7-12-4-1-2-6-15(12)18-14/h1-2,4,6-8,13,19H,3,5,9-11,17H2. The van der Waals surface area contributed by atoms with Crippen LogP contribution < -0.4 is 5.73 Å². The minimum atomic E-state index is -0.673. The van der Waals surface area contributed by atoms with E-state index in [9.17, 15) is 5.11 Å². The number of hydrogen-bond acceptors (Lipinski definition) is 3. The van der Waals surface area contributed by atoms with Gasteiger partial charge in [-0.1, -0.05) is 24.3 Å². The summed E-state index contributed by atoms with van der Waals surface area (Å²) in [5, 5.41) is 11.8. The van der Waals surface area contributed by atoms with E-state index in [0.717, 1.165) is 35.9 Å². The lowest BCUT2D eigenvalue weighted by atomic mass is 9.79. The first-order valence-electron chi connectivity index (χ1n) is 6.97. The Hall–Kier alpha value is -1.45. The van der Waals surface area contributed by atoms with Crippen LogP contribution in [0, 0.1) is 0 Å². The Kier molecular flexibility index (Phi) is 3.25. The molecular formula is C16H20N2O. The predicted molar refractivity (Wildman–Crippen MR) is 76.8 cm³/mol. The van der Waals surface area contributed by atoms with Crippen molar-refractivity contribution < 1.29 is 5.11 Å². The summed E-state index contributed by atoms with van der Waals surface area (Å²) in [5.74, 6) is 0. The van der Waals surface area contributed by atoms with Crippen LogP contribution in [-0.2, 0) is 6.42 Å². The smallest absolute Gasteiger partial charge is 0.0717 e. The number of nitrogens with two attached hydrogens (primary N) is 1. The number of fused-ring (bicyclic) bond motifs is 1. The zero-order valence-corrected chi connectivity index (χ0v) is 11.0. The molecule has 0 aliphatic heterocycles. The second kappa shape index (κ2) is 4.91. The van der Waals surface area contributed by atoms with Gasteiger partial charge in [0, 0.05) is 23.5 Å². The first-order chi connectivity index (χ1) is 9.15. The minimum absolute atomic E-state index is 0.124. The average Bonchev–Trinajstić information content (AvgIpc) is 2.38. The van der Waals surface area contributed by atoms with Crippen molar-refractivity contribution >= 4 is 10.9 Å². The summed E-state index contributed by atoms with van der Waals surface area (Å²) in [4.78, 5) is 4.64. The van der Waals surface area contributed by atoms with Gasteiger partial charge in [-0.05, 0) is 37.8 Å². The fraction of sp³-hybridized carbons (Fsp3) is 0.438. The maximum absolute atomic E-state index is 10.6. The third-order valence-corrected chi connectivity index (χ3v) is 4.03. The van der Waals surface area contributed by atoms with Crippen LogP contribution in [0.3, 0.4) is 0 Å². The summed E-state index contributed by atoms with van der Waals surface area (Å²) in [6.45, 7) is 0. The summed E-state index contributed by atoms with van der Waals surface area (Å²) in [5.41, 5.74) is 7.24. The van der Waals surface area contributed by atoms with Gasteiger partial charge in [-0.2, -0.15) is 0 Å². The van der Waals surface area contributed by atoms with Gasteiger partial charge in [0.05, 0.1) is 11.1 Å². The zero-order chi connectivity index (χ0) is 13.3. The quantitative estimate of drug-likeness (QED) is 0.867. The number of pyridine rings is 1. The lowest BCUT2D eigenvalue weighted by Gasteiger charge is -2.35. The van der Waals surface area contributed by atoms with Crippen molar-refractivity contribution in [2.45, 2.75) is 43.7 Å². The van der Waals surface area contributed by atoms with Crippen LogP contribution in [0.2, 0.25) is 0 Å². The molecule has 1 saturated carbocycles. The first-order valence-corrected chi connectivity index (χ1v) is 6.97. The second-order valence-corrected chi connectivity index (χ2v) is 5.75. The van der Waals surface area contributed by atoms with E-state index in [1.165, 1.54) is 0 Å². The van der Waals surface area contributed by atoms with Crippen molar-refractivity contribution in [3.63, 3.8) is 0 Å². The maximum Gasteiger partial charge on any atom is 0.0717 e. The van der Waals surface area contributed by atoms with Gasteiger partial charge in [-0.25, -0.2) is 0 Å². The van der Waals surface area contributed by atoms with E-state index in [1.54, 1.807) is 0 Å². The van der Waals surface area contributed by atoms with Gasteiger partial charge in [0.15, 0.2) is 0 Å². The fourth-order valence-corrected chi connectivity index (χ4v) is 3.09. The van der Waals surface area contributed by atoms with Gasteiger partial charge in [0.1, 0.15) is 0 Å². The number of hydrogen-bond donors (Lipinski definition) is 2. The summed E-state index contributed by atoms with van der Waals surface area (Å²) >= 11 is 0. The van der Waals surface area contributed by atoms with E-state index in [2.05, 4.69) is 17.1 Å². The molecule has 1 aromatic carbocycles. The molecular weight excluding hydrogens is 236 g/mol. The van der Waals surface area contributed by atoms with Crippen LogP contribution in [0.25, 0.3) is 10.9 Å². The summed E-state index contributed by atoms with van der Waals surface area (Å²) in [6.07, 6.45) is 4.14. The number of para-hydroxylation sites is 1. The Bertz CT molecular complexity index is 584. The molecule has 100 valence electrons. The summed E-state index contributed by atoms with van der Waals surface area (Å²) in [6, 6.07) is 12.3. The van der Waals surface area contributed by atoms with Crippen molar-refractivity contribution in [3.8, 4) is 0 Å². The molecule has 2 atom stereocenters. The third-order valence-electron chi connectivity index (χ3n) is 4.03. The van der Waals surface area contributed by atoms with Crippen molar-refractivity contribution in [3.05, 3.63) is 42.1 Å². The number of aliphatic hydroxyl groups is 1. The maximum atomic E-state index is 10.6. The van der Waals surface area contributed by atoms with Crippen LogP contribution >= 0.6 is 0 Å². The Morgan fingerprint density at radius 3 is 2.95 bits per heavy atom. The largest absolute Gasteiger partial charge is 0.389 e. The number of nitrogens with zero attached hydrogens (tertiary/aromatic N) is 1. The van der Waals surface area contributed by atoms with Gasteiger partial charge >= 0.3 is 0 Å². The predicted octanol–water partition coefficient (Wildman–Crippen LogP) is 2.41. The second-order valence-electron chi connectivity index (χ2n) is 5.75. The van der Waals surface area contributed by atoms with Gasteiger partial charge in [0.25, 0.3) is 0 Å². The van der Waals surface area contributed by atoms with E-state index >= 15 is 0 Å². The molecule has 2 unspecified atom stereocenters. The molecule has 0 spiro atoms. The molecule has 1 heterocycles. The lowest BCUT2D eigenvalue weighted by molar-refractivity contribution is -0.00263. The highest BCUT2D eigenvalue weighted by molar-refractivity contribution is 5.78. The Balaban J connectivity index is 1.84. The molecule has 3 nitrogen and oxygen atoms in total. The molecule has 0 bridgehead atoms. The van der Waals surface area contributed by atoms with E-state index in [0.29, 0.717) is 12.8 Å². The van der Waals surface area contributed by atoms with E-state index in [4.69, 9.17) is 5.73 Å². The fourth-order valence-electron chi connectivity index (χ4n) is 3.09. The Morgan fingerprint density at radius 1 is 1.26 bits per heavy atom. The van der Waals surface area contributed by atoms with Crippen molar-refractivity contribution in [1.29, 1.82) is 0 Å². The topological polar surface area (TPSA) is 59.1 Å². The Labute approximate surface area is 113 Å². The highest BCUT2D eigenvalue weighted by Gasteiger charge is 2.33. The minimum Gasteiger partial charge on any atom is -0.389 e. The van der Waals surface area contributed by atoms with Crippen LogP contribution in [-0.4, -0.2) is 21.7 Å². The number of aromatic nitrogens is 1. The molecule has 19 heavy (non-hydrogen) atoms. The van der Waals surface area contributed by atoms with Crippen LogP contribution in [0.4, 0.5) is 0 Å². The van der Waals surface area contributed by atoms with E-state index in [-0.39, 0.29) is 6.04 Å². The van der Waals surface area contributed by atoms with Crippen LogP contribution in [0.15, 0.2) is 36.4 Å². The molecule has 0 saturated heterocycles. The monoisotopic (exact) mass is 256 g/mol. The number of rotatable bonds is 2. The molecule has 0 amide bonds. The van der Waals surface area contributed by atoms with Gasteiger partial charge in [0.2, 0.25) is 0 Å². The zero-order valence-electron chi connectivity index (χ0n) is 11.0. The Morgan fingerprint density at radius 2 is 2.11 bits per heavy atom. The van der Waals surface area contributed by atoms with Gasteiger partial charge in [-0.3, -0.25) is 4.98 Å². The van der Waals surface area contributed by atoms with E-state index < -0.39 is 5.60 Å². The summed E-state index contributed by atoms with van der Waals surface area (Å²) < 4.78 is 0. The molecule has 1 aromatic heterocycles. The summed E-state index contributed by atoms with van der Waals surface area (Å²) in [7, 11) is 0. The molecule has 3 N–H and O–H groups in total. The molecule has 1 aliphatic rings. The highest BCUT2D eigenvalue weighted by Crippen LogP contribution is 2.30. The molecule has 1 fully saturated rings. The normalized spacial score (nSPS) is 27.6. The molecule has 1 aliphatic carbocycles.